The van der Waals surface area contributed by atoms with Gasteiger partial charge in [0.05, 0.1) is 7.11 Å². The van der Waals surface area contributed by atoms with E-state index in [1.54, 1.807) is 0 Å². The summed E-state index contributed by atoms with van der Waals surface area (Å²) >= 11 is 0. The van der Waals surface area contributed by atoms with E-state index in [4.69, 9.17) is 0 Å². The summed E-state index contributed by atoms with van der Waals surface area (Å²) in [4.78, 5) is 10.7. The molecule has 0 aromatic carbocycles. The summed E-state index contributed by atoms with van der Waals surface area (Å²) in [5.41, 5.74) is 0. The van der Waals surface area contributed by atoms with Crippen LogP contribution in [0.5, 0.6) is 0 Å². The lowest BCUT2D eigenvalue weighted by molar-refractivity contribution is -0.156. The van der Waals surface area contributed by atoms with Crippen LogP contribution in [0.2, 0.25) is 0 Å². The van der Waals surface area contributed by atoms with Gasteiger partial charge in [0.1, 0.15) is 5.92 Å². The quantitative estimate of drug-likeness (QED) is 0.550. The molecule has 0 saturated heterocycles. The van der Waals surface area contributed by atoms with Gasteiger partial charge in [0.2, 0.25) is 0 Å². The summed E-state index contributed by atoms with van der Waals surface area (Å²) in [6, 6.07) is 0. The lowest BCUT2D eigenvalue weighted by Crippen LogP contribution is -2.29. The van der Waals surface area contributed by atoms with Crippen LogP contribution in [0.25, 0.3) is 0 Å². The monoisotopic (exact) mass is 164 g/mol. The molecule has 1 atom stereocenters. The number of ether oxygens (including phenoxy) is 1. The molecule has 1 unspecified atom stereocenters. The van der Waals surface area contributed by atoms with Crippen LogP contribution in [0.4, 0.5) is 8.78 Å². The van der Waals surface area contributed by atoms with Gasteiger partial charge in [-0.15, -0.1) is 0 Å². The molecule has 0 amide bonds. The molecule has 0 N–H and O–H groups in total. The lowest BCUT2D eigenvalue weighted by Gasteiger charge is -2.15. The van der Waals surface area contributed by atoms with Gasteiger partial charge in [-0.1, -0.05) is 0 Å². The van der Waals surface area contributed by atoms with Gasteiger partial charge < -0.3 is 4.74 Å². The lowest BCUT2D eigenvalue weighted by atomic mass is 10.1. The maximum Gasteiger partial charge on any atom is 0.314 e. The zero-order chi connectivity index (χ0) is 8.48. The van der Waals surface area contributed by atoms with Crippen LogP contribution in [0.15, 0.2) is 0 Å². The third kappa shape index (κ3) is 1.49. The predicted molar refractivity (Wildman–Crippen MR) is 34.3 cm³/mol. The Bertz CT molecular complexity index is 168. The summed E-state index contributed by atoms with van der Waals surface area (Å²) in [5.74, 6) is -4.83. The maximum absolute atomic E-state index is 12.7. The number of rotatable bonds is 1. The van der Waals surface area contributed by atoms with Crippen molar-refractivity contribution in [3.8, 4) is 0 Å². The van der Waals surface area contributed by atoms with Crippen LogP contribution in [-0.2, 0) is 9.53 Å². The van der Waals surface area contributed by atoms with E-state index >= 15 is 0 Å². The van der Waals surface area contributed by atoms with E-state index in [9.17, 15) is 13.6 Å². The summed E-state index contributed by atoms with van der Waals surface area (Å²) in [5, 5.41) is 0. The first-order valence-corrected chi connectivity index (χ1v) is 3.53. The van der Waals surface area contributed by atoms with E-state index in [-0.39, 0.29) is 12.8 Å². The fraction of sp³-hybridized carbons (Fsp3) is 0.857. The molecule has 0 heterocycles. The maximum atomic E-state index is 12.7. The molecule has 0 radical (unpaired) electrons. The molecule has 1 fully saturated rings. The van der Waals surface area contributed by atoms with Crippen LogP contribution in [0.1, 0.15) is 19.3 Å². The van der Waals surface area contributed by atoms with Gasteiger partial charge in [-0.3, -0.25) is 4.79 Å². The molecule has 0 aromatic heterocycles. The van der Waals surface area contributed by atoms with Gasteiger partial charge in [-0.2, -0.15) is 0 Å². The number of halogens is 2. The number of carbonyl (C=O) groups excluding carboxylic acids is 1. The smallest absolute Gasteiger partial charge is 0.314 e. The first kappa shape index (κ1) is 8.43. The molecule has 1 rings (SSSR count). The molecule has 2 nitrogen and oxygen atoms in total. The van der Waals surface area contributed by atoms with Gasteiger partial charge in [-0.05, 0) is 12.8 Å². The highest BCUT2D eigenvalue weighted by Gasteiger charge is 2.48. The Labute approximate surface area is 63.5 Å². The molecule has 4 heteroatoms. The summed E-state index contributed by atoms with van der Waals surface area (Å²) in [7, 11) is 1.14. The number of alkyl halides is 2. The normalized spacial score (nSPS) is 28.5. The van der Waals surface area contributed by atoms with Gasteiger partial charge in [0.15, 0.2) is 0 Å². The third-order valence-electron chi connectivity index (χ3n) is 2.00. The molecule has 0 aliphatic heterocycles. The molecule has 11 heavy (non-hydrogen) atoms. The highest BCUT2D eigenvalue weighted by Crippen LogP contribution is 2.40. The van der Waals surface area contributed by atoms with Crippen molar-refractivity contribution < 1.29 is 18.3 Å². The van der Waals surface area contributed by atoms with Crippen molar-refractivity contribution in [1.82, 2.24) is 0 Å². The minimum atomic E-state index is -2.84. The average Bonchev–Trinajstić information content (AvgIpc) is 2.28. The van der Waals surface area contributed by atoms with Crippen LogP contribution in [0, 0.1) is 5.92 Å². The first-order valence-electron chi connectivity index (χ1n) is 3.53. The van der Waals surface area contributed by atoms with Crippen molar-refractivity contribution in [1.29, 1.82) is 0 Å². The first-order chi connectivity index (χ1) is 5.08. The van der Waals surface area contributed by atoms with Crippen LogP contribution >= 0.6 is 0 Å². The van der Waals surface area contributed by atoms with Crippen LogP contribution in [-0.4, -0.2) is 19.0 Å². The molecule has 1 aliphatic rings. The Kier molecular flexibility index (Phi) is 2.11. The topological polar surface area (TPSA) is 26.3 Å². The molecule has 0 spiro atoms. The van der Waals surface area contributed by atoms with Crippen LogP contribution in [0.3, 0.4) is 0 Å². The number of carbonyl (C=O) groups is 1. The summed E-state index contributed by atoms with van der Waals surface area (Å²) in [6.45, 7) is 0. The van der Waals surface area contributed by atoms with Gasteiger partial charge in [-0.25, -0.2) is 8.78 Å². The standard InChI is InChI=1S/C7H10F2O2/c1-11-6(10)5-3-2-4-7(5,8)9/h5H,2-4H2,1H3. The van der Waals surface area contributed by atoms with Crippen molar-refractivity contribution in [3.05, 3.63) is 0 Å². The SMILES string of the molecule is COC(=O)C1CCCC1(F)F. The van der Waals surface area contributed by atoms with E-state index < -0.39 is 17.8 Å². The molecule has 0 aromatic rings. The highest BCUT2D eigenvalue weighted by atomic mass is 19.3. The Morgan fingerprint density at radius 1 is 1.64 bits per heavy atom. The molecular formula is C7H10F2O2. The zero-order valence-corrected chi connectivity index (χ0v) is 6.27. The summed E-state index contributed by atoms with van der Waals surface area (Å²) in [6.07, 6.45) is 0.471. The fourth-order valence-corrected chi connectivity index (χ4v) is 1.36. The number of hydrogen-bond acceptors (Lipinski definition) is 2. The Morgan fingerprint density at radius 2 is 2.27 bits per heavy atom. The van der Waals surface area contributed by atoms with E-state index in [1.807, 2.05) is 0 Å². The van der Waals surface area contributed by atoms with Crippen molar-refractivity contribution in [2.45, 2.75) is 25.2 Å². The summed E-state index contributed by atoms with van der Waals surface area (Å²) < 4.78 is 29.7. The number of esters is 1. The second-order valence-electron chi connectivity index (χ2n) is 2.73. The van der Waals surface area contributed by atoms with E-state index in [2.05, 4.69) is 4.74 Å². The second kappa shape index (κ2) is 2.75. The Balaban J connectivity index is 2.64. The minimum Gasteiger partial charge on any atom is -0.469 e. The van der Waals surface area contributed by atoms with Crippen LogP contribution < -0.4 is 0 Å². The van der Waals surface area contributed by atoms with E-state index in [0.29, 0.717) is 6.42 Å². The fourth-order valence-electron chi connectivity index (χ4n) is 1.36. The van der Waals surface area contributed by atoms with Gasteiger partial charge in [0, 0.05) is 6.42 Å². The average molecular weight is 164 g/mol. The predicted octanol–water partition coefficient (Wildman–Crippen LogP) is 1.59. The van der Waals surface area contributed by atoms with E-state index in [0.717, 1.165) is 7.11 Å². The van der Waals surface area contributed by atoms with E-state index in [1.165, 1.54) is 0 Å². The van der Waals surface area contributed by atoms with Crippen molar-refractivity contribution in [2.75, 3.05) is 7.11 Å². The molecular weight excluding hydrogens is 154 g/mol. The molecule has 64 valence electrons. The van der Waals surface area contributed by atoms with Gasteiger partial charge >= 0.3 is 5.97 Å². The molecule has 0 bridgehead atoms. The zero-order valence-electron chi connectivity index (χ0n) is 6.27. The Morgan fingerprint density at radius 3 is 2.64 bits per heavy atom. The largest absolute Gasteiger partial charge is 0.469 e. The second-order valence-corrected chi connectivity index (χ2v) is 2.73. The minimum absolute atomic E-state index is 0.188. The van der Waals surface area contributed by atoms with Gasteiger partial charge in [0.25, 0.3) is 5.92 Å². The van der Waals surface area contributed by atoms with Crippen molar-refractivity contribution in [3.63, 3.8) is 0 Å². The number of methoxy groups -OCH3 is 1. The highest BCUT2D eigenvalue weighted by molar-refractivity contribution is 5.73. The Hall–Kier alpha value is -0.670. The third-order valence-corrected chi connectivity index (χ3v) is 2.00. The number of hydrogen-bond donors (Lipinski definition) is 0. The van der Waals surface area contributed by atoms with Crippen molar-refractivity contribution in [2.24, 2.45) is 5.92 Å². The molecule has 1 saturated carbocycles. The van der Waals surface area contributed by atoms with Crippen molar-refractivity contribution >= 4 is 5.97 Å². The molecule has 1 aliphatic carbocycles.